The average molecular weight is 698 g/mol. The fourth-order valence-corrected chi connectivity index (χ4v) is 10.0. The van der Waals surface area contributed by atoms with Gasteiger partial charge in [-0.1, -0.05) is 97.1 Å². The van der Waals surface area contributed by atoms with Crippen molar-refractivity contribution >= 4 is 0 Å². The zero-order valence-electron chi connectivity index (χ0n) is 30.1. The van der Waals surface area contributed by atoms with Crippen LogP contribution < -0.4 is 0 Å². The second-order valence-corrected chi connectivity index (χ2v) is 15.8. The maximum Gasteiger partial charge on any atom is 0.164 e. The molecule has 2 heterocycles. The molecule has 0 amide bonds. The normalized spacial score (nSPS) is 21.1. The van der Waals surface area contributed by atoms with Crippen LogP contribution in [0.4, 0.5) is 0 Å². The molecule has 4 fully saturated rings. The summed E-state index contributed by atoms with van der Waals surface area (Å²) in [6.07, 6.45) is 12.2. The second-order valence-electron chi connectivity index (χ2n) is 15.8. The lowest BCUT2D eigenvalue weighted by molar-refractivity contribution is -0.00518. The summed E-state index contributed by atoms with van der Waals surface area (Å²) in [4.78, 5) is 19.9. The summed E-state index contributed by atoms with van der Waals surface area (Å²) >= 11 is 0. The van der Waals surface area contributed by atoms with E-state index in [1.807, 2.05) is 97.3 Å². The Morgan fingerprint density at radius 2 is 0.870 bits per heavy atom. The van der Waals surface area contributed by atoms with Gasteiger partial charge in [-0.2, -0.15) is 5.26 Å². The summed E-state index contributed by atoms with van der Waals surface area (Å²) in [7, 11) is 0. The molecule has 0 saturated heterocycles. The van der Waals surface area contributed by atoms with Crippen molar-refractivity contribution in [1.82, 2.24) is 19.9 Å². The smallest absolute Gasteiger partial charge is 0.164 e. The Balaban J connectivity index is 1.11. The Morgan fingerprint density at radius 3 is 1.41 bits per heavy atom. The molecule has 5 aromatic carbocycles. The highest BCUT2D eigenvalue weighted by molar-refractivity contribution is 5.82. The SMILES string of the molecule is N#Cc1ccc(-c2cncc(-c3cc(-c4ccc(C56CC7CC(CC(C7)C5)C6)cc4)cc(-c4nc(-c5ccccc5)nc(-c5ccccc5)n4)c3)c2)cc1. The molecule has 54 heavy (non-hydrogen) atoms. The van der Waals surface area contributed by atoms with Crippen LogP contribution >= 0.6 is 0 Å². The van der Waals surface area contributed by atoms with Gasteiger partial charge in [0.1, 0.15) is 0 Å². The molecule has 0 atom stereocenters. The van der Waals surface area contributed by atoms with Crippen molar-refractivity contribution in [2.24, 2.45) is 17.8 Å². The molecule has 11 rings (SSSR count). The molecule has 4 aliphatic rings. The lowest BCUT2D eigenvalue weighted by Gasteiger charge is -2.57. The van der Waals surface area contributed by atoms with Crippen LogP contribution in [0.5, 0.6) is 0 Å². The zero-order valence-corrected chi connectivity index (χ0v) is 30.1. The third-order valence-electron chi connectivity index (χ3n) is 12.2. The number of nitriles is 1. The van der Waals surface area contributed by atoms with E-state index in [9.17, 15) is 5.26 Å². The summed E-state index contributed by atoms with van der Waals surface area (Å²) < 4.78 is 0. The first-order valence-corrected chi connectivity index (χ1v) is 19.2. The highest BCUT2D eigenvalue weighted by atomic mass is 15.0. The molecule has 0 radical (unpaired) electrons. The van der Waals surface area contributed by atoms with Gasteiger partial charge in [0.15, 0.2) is 17.5 Å². The van der Waals surface area contributed by atoms with E-state index in [-0.39, 0.29) is 0 Å². The van der Waals surface area contributed by atoms with Crippen molar-refractivity contribution in [3.63, 3.8) is 0 Å². The van der Waals surface area contributed by atoms with Gasteiger partial charge in [-0.25, -0.2) is 15.0 Å². The second kappa shape index (κ2) is 13.3. The Morgan fingerprint density at radius 1 is 0.444 bits per heavy atom. The summed E-state index contributed by atoms with van der Waals surface area (Å²) in [6.45, 7) is 0. The first-order valence-electron chi connectivity index (χ1n) is 19.2. The Bertz CT molecular complexity index is 2430. The van der Waals surface area contributed by atoms with Crippen LogP contribution in [0.1, 0.15) is 49.7 Å². The van der Waals surface area contributed by atoms with E-state index in [4.69, 9.17) is 15.0 Å². The average Bonchev–Trinajstić information content (AvgIpc) is 3.23. The van der Waals surface area contributed by atoms with Crippen LogP contribution in [-0.4, -0.2) is 19.9 Å². The van der Waals surface area contributed by atoms with Gasteiger partial charge >= 0.3 is 0 Å². The molecule has 5 heteroatoms. The van der Waals surface area contributed by atoms with Crippen LogP contribution in [0.25, 0.3) is 67.5 Å². The Labute approximate surface area is 316 Å². The van der Waals surface area contributed by atoms with Crippen LogP contribution in [0.2, 0.25) is 0 Å². The lowest BCUT2D eigenvalue weighted by Crippen LogP contribution is -2.48. The van der Waals surface area contributed by atoms with E-state index in [1.54, 1.807) is 0 Å². The zero-order chi connectivity index (χ0) is 36.1. The number of hydrogen-bond donors (Lipinski definition) is 0. The maximum atomic E-state index is 9.35. The molecule has 4 aliphatic carbocycles. The molecule has 4 bridgehead atoms. The third kappa shape index (κ3) is 6.08. The third-order valence-corrected chi connectivity index (χ3v) is 12.2. The van der Waals surface area contributed by atoms with Crippen LogP contribution in [-0.2, 0) is 5.41 Å². The largest absolute Gasteiger partial charge is 0.263 e. The fourth-order valence-electron chi connectivity index (χ4n) is 10.0. The molecule has 260 valence electrons. The van der Waals surface area contributed by atoms with Crippen molar-refractivity contribution in [2.45, 2.75) is 43.9 Å². The van der Waals surface area contributed by atoms with E-state index in [2.05, 4.69) is 59.6 Å². The number of rotatable bonds is 7. The predicted octanol–water partition coefficient (Wildman–Crippen LogP) is 11.6. The Kier molecular flexibility index (Phi) is 7.99. The lowest BCUT2D eigenvalue weighted by atomic mass is 9.48. The van der Waals surface area contributed by atoms with Gasteiger partial charge in [0.05, 0.1) is 11.6 Å². The predicted molar refractivity (Wildman–Crippen MR) is 215 cm³/mol. The van der Waals surface area contributed by atoms with Crippen molar-refractivity contribution < 1.29 is 0 Å². The number of benzene rings is 5. The maximum absolute atomic E-state index is 9.35. The molecule has 2 aromatic heterocycles. The van der Waals surface area contributed by atoms with Gasteiger partial charge < -0.3 is 0 Å². The number of aromatic nitrogens is 4. The summed E-state index contributed by atoms with van der Waals surface area (Å²) in [5.41, 5.74) is 11.6. The highest BCUT2D eigenvalue weighted by Gasteiger charge is 2.51. The van der Waals surface area contributed by atoms with Gasteiger partial charge in [-0.05, 0) is 126 Å². The first-order chi connectivity index (χ1) is 26.6. The minimum atomic E-state index is 0.352. The van der Waals surface area contributed by atoms with Gasteiger partial charge in [0.25, 0.3) is 0 Å². The van der Waals surface area contributed by atoms with Crippen molar-refractivity contribution in [3.05, 3.63) is 157 Å². The Hall–Kier alpha value is -6.25. The molecule has 0 unspecified atom stereocenters. The molecule has 7 aromatic rings. The van der Waals surface area contributed by atoms with Crippen molar-refractivity contribution in [3.8, 4) is 73.6 Å². The summed E-state index contributed by atoms with van der Waals surface area (Å²) in [5.74, 6) is 4.61. The van der Waals surface area contributed by atoms with E-state index in [0.29, 0.717) is 28.5 Å². The van der Waals surface area contributed by atoms with E-state index >= 15 is 0 Å². The van der Waals surface area contributed by atoms with Crippen LogP contribution in [0, 0.1) is 29.1 Å². The topological polar surface area (TPSA) is 75.3 Å². The van der Waals surface area contributed by atoms with Crippen molar-refractivity contribution in [2.75, 3.05) is 0 Å². The molecule has 5 nitrogen and oxygen atoms in total. The number of pyridine rings is 1. The highest BCUT2D eigenvalue weighted by Crippen LogP contribution is 2.60. The fraction of sp³-hybridized carbons (Fsp3) is 0.204. The standard InChI is InChI=1S/C49H39N5/c50-29-32-11-13-37(14-12-32)43-25-44(31-51-30-43)41-22-40(36-15-17-45(18-16-36)49-26-33-19-34(27-49)21-35(20-33)28-49)23-42(24-41)48-53-46(38-7-3-1-4-8-38)52-47(54-48)39-9-5-2-6-10-39/h1-18,22-25,30-31,33-35H,19-21,26-28H2. The molecular weight excluding hydrogens is 659 g/mol. The van der Waals surface area contributed by atoms with Gasteiger partial charge in [-0.3, -0.25) is 4.98 Å². The molecule has 4 saturated carbocycles. The van der Waals surface area contributed by atoms with Gasteiger partial charge in [0.2, 0.25) is 0 Å². The van der Waals surface area contributed by atoms with E-state index in [0.717, 1.165) is 62.3 Å². The van der Waals surface area contributed by atoms with E-state index in [1.165, 1.54) is 49.7 Å². The minimum Gasteiger partial charge on any atom is -0.263 e. The molecule has 0 spiro atoms. The molecule has 0 N–H and O–H groups in total. The first kappa shape index (κ1) is 32.4. The number of nitrogens with zero attached hydrogens (tertiary/aromatic N) is 5. The van der Waals surface area contributed by atoms with Gasteiger partial charge in [0, 0.05) is 40.2 Å². The molecular formula is C49H39N5. The van der Waals surface area contributed by atoms with Gasteiger partial charge in [-0.15, -0.1) is 0 Å². The van der Waals surface area contributed by atoms with E-state index < -0.39 is 0 Å². The monoisotopic (exact) mass is 697 g/mol. The minimum absolute atomic E-state index is 0.352. The quantitative estimate of drug-likeness (QED) is 0.166. The number of hydrogen-bond acceptors (Lipinski definition) is 5. The van der Waals surface area contributed by atoms with Crippen LogP contribution in [0.15, 0.2) is 146 Å². The molecule has 0 aliphatic heterocycles. The summed E-state index contributed by atoms with van der Waals surface area (Å²) in [5, 5.41) is 9.35. The van der Waals surface area contributed by atoms with Crippen molar-refractivity contribution in [1.29, 1.82) is 5.26 Å². The van der Waals surface area contributed by atoms with Crippen LogP contribution in [0.3, 0.4) is 0 Å². The summed E-state index contributed by atoms with van der Waals surface area (Å²) in [6, 6.07) is 48.5.